The molecule has 0 atom stereocenters. The van der Waals surface area contributed by atoms with E-state index >= 15 is 0 Å². The lowest BCUT2D eigenvalue weighted by molar-refractivity contribution is 0.0475. The zero-order valence-electron chi connectivity index (χ0n) is 10.4. The molecule has 0 fully saturated rings. The molecular weight excluding hydrogens is 206 g/mol. The summed E-state index contributed by atoms with van der Waals surface area (Å²) in [7, 11) is 0.740. The minimum atomic E-state index is 0.668. The van der Waals surface area contributed by atoms with Gasteiger partial charge < -0.3 is 14.4 Å². The van der Waals surface area contributed by atoms with Crippen LogP contribution in [0.3, 0.4) is 0 Å². The molecule has 0 bridgehead atoms. The molecule has 0 rings (SSSR count). The zero-order valence-corrected chi connectivity index (χ0v) is 11.4. The van der Waals surface area contributed by atoms with Crippen LogP contribution in [0.5, 0.6) is 0 Å². The molecule has 0 heterocycles. The number of hydrogen-bond acceptors (Lipinski definition) is 3. The van der Waals surface area contributed by atoms with E-state index in [0.717, 1.165) is 28.8 Å². The second-order valence-corrected chi connectivity index (χ2v) is 4.01. The van der Waals surface area contributed by atoms with Gasteiger partial charge in [-0.05, 0) is 38.8 Å². The molecule has 0 aliphatic rings. The summed E-state index contributed by atoms with van der Waals surface area (Å²) < 4.78 is 10.7. The normalized spacial score (nSPS) is 10.2. The van der Waals surface area contributed by atoms with Crippen molar-refractivity contribution in [3.05, 3.63) is 11.6 Å². The molecule has 0 aliphatic carbocycles. The summed E-state index contributed by atoms with van der Waals surface area (Å²) in [5.41, 5.74) is 2.06. The topological polar surface area (TPSA) is 21.7 Å². The van der Waals surface area contributed by atoms with E-state index < -0.39 is 0 Å². The van der Waals surface area contributed by atoms with Crippen LogP contribution in [0, 0.1) is 0 Å². The zero-order chi connectivity index (χ0) is 11.5. The van der Waals surface area contributed by atoms with Gasteiger partial charge in [-0.1, -0.05) is 13.8 Å². The van der Waals surface area contributed by atoms with Gasteiger partial charge in [-0.15, -0.1) is 0 Å². The maximum Gasteiger partial charge on any atom is 0.270 e. The van der Waals surface area contributed by atoms with Crippen molar-refractivity contribution in [3.63, 3.8) is 0 Å². The van der Waals surface area contributed by atoms with Crippen molar-refractivity contribution >= 4 is 9.52 Å². The highest BCUT2D eigenvalue weighted by molar-refractivity contribution is 6.42. The Morgan fingerprint density at radius 2 is 1.60 bits per heavy atom. The number of hydrogen-bond donors (Lipinski definition) is 0. The molecule has 0 aromatic carbocycles. The minimum Gasteiger partial charge on any atom is -0.466 e. The van der Waals surface area contributed by atoms with Crippen molar-refractivity contribution in [2.75, 3.05) is 32.5 Å². The summed E-state index contributed by atoms with van der Waals surface area (Å²) in [5, 5.41) is 0. The van der Waals surface area contributed by atoms with E-state index in [4.69, 9.17) is 9.47 Å². The van der Waals surface area contributed by atoms with E-state index in [9.17, 15) is 0 Å². The van der Waals surface area contributed by atoms with E-state index in [-0.39, 0.29) is 0 Å². The third-order valence-corrected chi connectivity index (χ3v) is 3.07. The van der Waals surface area contributed by atoms with Gasteiger partial charge in [0.15, 0.2) is 0 Å². The third-order valence-electron chi connectivity index (χ3n) is 2.00. The van der Waals surface area contributed by atoms with Crippen molar-refractivity contribution in [1.82, 2.24) is 4.90 Å². The summed E-state index contributed by atoms with van der Waals surface area (Å²) >= 11 is 0. The van der Waals surface area contributed by atoms with E-state index in [2.05, 4.69) is 24.4 Å². The van der Waals surface area contributed by atoms with Gasteiger partial charge in [0.1, 0.15) is 0 Å². The highest BCUT2D eigenvalue weighted by Crippen LogP contribution is 1.98. The van der Waals surface area contributed by atoms with Gasteiger partial charge in [0.2, 0.25) is 0 Å². The second-order valence-electron chi connectivity index (χ2n) is 2.99. The van der Waals surface area contributed by atoms with Gasteiger partial charge in [-0.2, -0.15) is 0 Å². The molecule has 0 aromatic heterocycles. The Kier molecular flexibility index (Phi) is 9.73. The van der Waals surface area contributed by atoms with Gasteiger partial charge in [0, 0.05) is 0 Å². The lowest BCUT2D eigenvalue weighted by atomic mass is 10.6. The first-order valence-electron chi connectivity index (χ1n) is 5.69. The fraction of sp³-hybridized carbons (Fsp3) is 0.818. The molecule has 0 aliphatic heterocycles. The summed E-state index contributed by atoms with van der Waals surface area (Å²) in [4.78, 5) is 2.39. The van der Waals surface area contributed by atoms with Crippen LogP contribution in [0.2, 0.25) is 0 Å². The molecule has 0 aromatic rings. The van der Waals surface area contributed by atoms with Crippen LogP contribution in [-0.4, -0.2) is 46.9 Å². The van der Waals surface area contributed by atoms with Gasteiger partial charge >= 0.3 is 0 Å². The predicted octanol–water partition coefficient (Wildman–Crippen LogP) is 1.86. The standard InChI is InChI=1S/C11H23NO2Si/c1-5-12(6-2)10-15-9-11(13-7-3)14-8-4/h9H,5-8,10H2,1-4H3. The molecule has 4 heteroatoms. The Balaban J connectivity index is 3.86. The van der Waals surface area contributed by atoms with Gasteiger partial charge in [-0.3, -0.25) is 0 Å². The summed E-state index contributed by atoms with van der Waals surface area (Å²) in [6, 6.07) is 0. The third kappa shape index (κ3) is 7.45. The number of rotatable bonds is 9. The maximum atomic E-state index is 5.36. The molecule has 15 heavy (non-hydrogen) atoms. The molecular formula is C11H23NO2Si. The van der Waals surface area contributed by atoms with Crippen molar-refractivity contribution in [2.45, 2.75) is 27.7 Å². The van der Waals surface area contributed by atoms with E-state index in [1.807, 2.05) is 13.8 Å². The van der Waals surface area contributed by atoms with Crippen LogP contribution in [-0.2, 0) is 9.47 Å². The highest BCUT2D eigenvalue weighted by Gasteiger charge is 2.00. The van der Waals surface area contributed by atoms with E-state index in [0.29, 0.717) is 19.2 Å². The summed E-state index contributed by atoms with van der Waals surface area (Å²) in [5.74, 6) is 0.686. The van der Waals surface area contributed by atoms with E-state index in [1.54, 1.807) is 0 Å². The first-order valence-corrected chi connectivity index (χ1v) is 6.98. The van der Waals surface area contributed by atoms with E-state index in [1.165, 1.54) is 0 Å². The van der Waals surface area contributed by atoms with Crippen LogP contribution in [0.15, 0.2) is 11.6 Å². The lowest BCUT2D eigenvalue weighted by Crippen LogP contribution is -2.27. The molecule has 0 unspecified atom stereocenters. The van der Waals surface area contributed by atoms with Crippen LogP contribution in [0.1, 0.15) is 27.7 Å². The second kappa shape index (κ2) is 10.0. The Hall–Kier alpha value is -0.483. The fourth-order valence-electron chi connectivity index (χ4n) is 1.11. The largest absolute Gasteiger partial charge is 0.466 e. The fourth-order valence-corrected chi connectivity index (χ4v) is 2.24. The number of nitrogens with zero attached hydrogens (tertiary/aromatic N) is 1. The number of ether oxygens (including phenoxy) is 2. The van der Waals surface area contributed by atoms with Gasteiger partial charge in [0.05, 0.1) is 22.7 Å². The summed E-state index contributed by atoms with van der Waals surface area (Å²) in [6.45, 7) is 11.9. The molecule has 2 radical (unpaired) electrons. The lowest BCUT2D eigenvalue weighted by Gasteiger charge is -2.16. The quantitative estimate of drug-likeness (QED) is 0.445. The molecule has 0 spiro atoms. The smallest absolute Gasteiger partial charge is 0.270 e. The van der Waals surface area contributed by atoms with Gasteiger partial charge in [0.25, 0.3) is 5.95 Å². The van der Waals surface area contributed by atoms with Crippen molar-refractivity contribution in [2.24, 2.45) is 0 Å². The first-order chi connectivity index (χ1) is 7.28. The van der Waals surface area contributed by atoms with Crippen LogP contribution in [0.25, 0.3) is 0 Å². The van der Waals surface area contributed by atoms with Gasteiger partial charge in [-0.25, -0.2) is 0 Å². The molecule has 3 nitrogen and oxygen atoms in total. The maximum absolute atomic E-state index is 5.36. The Bertz CT molecular complexity index is 162. The van der Waals surface area contributed by atoms with Crippen molar-refractivity contribution in [1.29, 1.82) is 0 Å². The predicted molar refractivity (Wildman–Crippen MR) is 64.9 cm³/mol. The van der Waals surface area contributed by atoms with Crippen molar-refractivity contribution in [3.8, 4) is 0 Å². The minimum absolute atomic E-state index is 0.668. The first kappa shape index (κ1) is 14.5. The average Bonchev–Trinajstić information content (AvgIpc) is 2.25. The van der Waals surface area contributed by atoms with Crippen LogP contribution < -0.4 is 0 Å². The molecule has 88 valence electrons. The molecule has 0 saturated heterocycles. The average molecular weight is 229 g/mol. The van der Waals surface area contributed by atoms with Crippen LogP contribution in [0.4, 0.5) is 0 Å². The summed E-state index contributed by atoms with van der Waals surface area (Å²) in [6.07, 6.45) is 1.09. The highest BCUT2D eigenvalue weighted by atomic mass is 28.2. The monoisotopic (exact) mass is 229 g/mol. The molecule has 0 N–H and O–H groups in total. The molecule has 0 saturated carbocycles. The molecule has 0 amide bonds. The SMILES string of the molecule is CCOC(=C[Si]CN(CC)CC)OCC. The Morgan fingerprint density at radius 1 is 1.07 bits per heavy atom. The van der Waals surface area contributed by atoms with Crippen LogP contribution >= 0.6 is 0 Å². The van der Waals surface area contributed by atoms with Crippen molar-refractivity contribution < 1.29 is 9.47 Å². The Morgan fingerprint density at radius 3 is 2.00 bits per heavy atom. The Labute approximate surface area is 96.3 Å².